The van der Waals surface area contributed by atoms with Crippen molar-refractivity contribution in [3.05, 3.63) is 18.1 Å². The Kier molecular flexibility index (Phi) is 4.21. The van der Waals surface area contributed by atoms with Crippen LogP contribution in [0.4, 0.5) is 0 Å². The average molecular weight is 208 g/mol. The van der Waals surface area contributed by atoms with E-state index >= 15 is 0 Å². The maximum Gasteiger partial charge on any atom is 0.216 e. The van der Waals surface area contributed by atoms with Crippen LogP contribution in [0.25, 0.3) is 0 Å². The molecule has 1 atom stereocenters. The van der Waals surface area contributed by atoms with Crippen molar-refractivity contribution in [2.75, 3.05) is 7.11 Å². The van der Waals surface area contributed by atoms with Crippen LogP contribution in [0.1, 0.15) is 37.2 Å². The van der Waals surface area contributed by atoms with Gasteiger partial charge in [0, 0.05) is 12.5 Å². The number of hydrogen-bond donors (Lipinski definition) is 0. The largest absolute Gasteiger partial charge is 0.481 e. The summed E-state index contributed by atoms with van der Waals surface area (Å²) in [4.78, 5) is 19.5. The number of rotatable bonds is 5. The number of nitrogens with zero attached hydrogens (tertiary/aromatic N) is 2. The molecule has 1 rings (SSSR count). The van der Waals surface area contributed by atoms with Crippen LogP contribution >= 0.6 is 0 Å². The summed E-state index contributed by atoms with van der Waals surface area (Å²) in [6.07, 6.45) is 2.87. The van der Waals surface area contributed by atoms with Gasteiger partial charge >= 0.3 is 0 Å². The highest BCUT2D eigenvalue weighted by Gasteiger charge is 2.12. The molecule has 0 saturated carbocycles. The van der Waals surface area contributed by atoms with Crippen molar-refractivity contribution in [2.24, 2.45) is 5.92 Å². The summed E-state index contributed by atoms with van der Waals surface area (Å²) < 4.78 is 4.93. The van der Waals surface area contributed by atoms with E-state index in [2.05, 4.69) is 23.8 Å². The number of ether oxygens (including phenoxy) is 1. The van der Waals surface area contributed by atoms with Crippen molar-refractivity contribution in [3.63, 3.8) is 0 Å². The van der Waals surface area contributed by atoms with E-state index in [0.29, 0.717) is 23.9 Å². The molecule has 1 aromatic heterocycles. The summed E-state index contributed by atoms with van der Waals surface area (Å²) in [7, 11) is 1.52. The predicted octanol–water partition coefficient (Wildman–Crippen LogP) is 2.10. The summed E-state index contributed by atoms with van der Waals surface area (Å²) in [5, 5.41) is 0. The second-order valence-corrected chi connectivity index (χ2v) is 3.59. The molecule has 4 heteroatoms. The Balaban J connectivity index is 2.73. The maximum absolute atomic E-state index is 11.7. The van der Waals surface area contributed by atoms with Gasteiger partial charge < -0.3 is 4.74 Å². The number of Topliss-reactive ketones (excluding diaryl/α,β-unsaturated/α-hetero) is 1. The molecule has 0 aliphatic rings. The minimum absolute atomic E-state index is 0.0463. The lowest BCUT2D eigenvalue weighted by molar-refractivity contribution is 0.0958. The molecule has 0 aliphatic carbocycles. The van der Waals surface area contributed by atoms with E-state index in [1.807, 2.05) is 0 Å². The summed E-state index contributed by atoms with van der Waals surface area (Å²) in [6, 6.07) is 1.57. The molecule has 0 amide bonds. The van der Waals surface area contributed by atoms with Gasteiger partial charge in [0.25, 0.3) is 0 Å². The van der Waals surface area contributed by atoms with E-state index in [-0.39, 0.29) is 5.78 Å². The summed E-state index contributed by atoms with van der Waals surface area (Å²) in [6.45, 7) is 4.12. The Labute approximate surface area is 89.7 Å². The molecule has 1 heterocycles. The van der Waals surface area contributed by atoms with E-state index in [9.17, 15) is 4.79 Å². The first kappa shape index (κ1) is 11.6. The van der Waals surface area contributed by atoms with Gasteiger partial charge in [0.15, 0.2) is 5.78 Å². The Morgan fingerprint density at radius 3 is 2.87 bits per heavy atom. The van der Waals surface area contributed by atoms with Gasteiger partial charge in [-0.2, -0.15) is 0 Å². The molecule has 0 fully saturated rings. The van der Waals surface area contributed by atoms with Crippen LogP contribution in [0.15, 0.2) is 12.4 Å². The van der Waals surface area contributed by atoms with Crippen LogP contribution in [0.2, 0.25) is 0 Å². The second-order valence-electron chi connectivity index (χ2n) is 3.59. The summed E-state index contributed by atoms with van der Waals surface area (Å²) >= 11 is 0. The van der Waals surface area contributed by atoms with Gasteiger partial charge in [0.2, 0.25) is 5.88 Å². The minimum atomic E-state index is 0.0463. The SMILES string of the molecule is CCC(C)CC(=O)c1cc(OC)ncn1. The van der Waals surface area contributed by atoms with Crippen molar-refractivity contribution in [1.82, 2.24) is 9.97 Å². The summed E-state index contributed by atoms with van der Waals surface area (Å²) in [5.74, 6) is 0.862. The molecule has 0 N–H and O–H groups in total. The lowest BCUT2D eigenvalue weighted by Gasteiger charge is -2.06. The van der Waals surface area contributed by atoms with Crippen molar-refractivity contribution < 1.29 is 9.53 Å². The second kappa shape index (κ2) is 5.44. The molecular weight excluding hydrogens is 192 g/mol. The smallest absolute Gasteiger partial charge is 0.216 e. The van der Waals surface area contributed by atoms with E-state index in [4.69, 9.17) is 4.74 Å². The van der Waals surface area contributed by atoms with E-state index in [1.54, 1.807) is 6.07 Å². The molecule has 1 unspecified atom stereocenters. The minimum Gasteiger partial charge on any atom is -0.481 e. The number of carbonyl (C=O) groups is 1. The fourth-order valence-corrected chi connectivity index (χ4v) is 1.17. The Morgan fingerprint density at radius 1 is 1.53 bits per heavy atom. The van der Waals surface area contributed by atoms with E-state index in [1.165, 1.54) is 13.4 Å². The number of hydrogen-bond acceptors (Lipinski definition) is 4. The molecule has 15 heavy (non-hydrogen) atoms. The highest BCUT2D eigenvalue weighted by Crippen LogP contribution is 2.13. The normalized spacial score (nSPS) is 12.2. The van der Waals surface area contributed by atoms with Crippen LogP contribution in [0.5, 0.6) is 5.88 Å². The fraction of sp³-hybridized carbons (Fsp3) is 0.545. The van der Waals surface area contributed by atoms with Gasteiger partial charge in [-0.15, -0.1) is 0 Å². The number of methoxy groups -OCH3 is 1. The average Bonchev–Trinajstić information content (AvgIpc) is 2.28. The molecule has 0 spiro atoms. The molecular formula is C11H16N2O2. The number of ketones is 1. The Hall–Kier alpha value is -1.45. The highest BCUT2D eigenvalue weighted by molar-refractivity contribution is 5.94. The molecule has 0 radical (unpaired) electrons. The molecule has 0 aromatic carbocycles. The lowest BCUT2D eigenvalue weighted by atomic mass is 10.0. The molecule has 0 aliphatic heterocycles. The van der Waals surface area contributed by atoms with Crippen molar-refractivity contribution in [3.8, 4) is 5.88 Å². The van der Waals surface area contributed by atoms with Gasteiger partial charge in [-0.05, 0) is 5.92 Å². The van der Waals surface area contributed by atoms with Gasteiger partial charge in [-0.1, -0.05) is 20.3 Å². The molecule has 82 valence electrons. The van der Waals surface area contributed by atoms with Crippen LogP contribution in [0.3, 0.4) is 0 Å². The van der Waals surface area contributed by atoms with Gasteiger partial charge in [-0.25, -0.2) is 9.97 Å². The first-order valence-corrected chi connectivity index (χ1v) is 5.06. The number of carbonyl (C=O) groups excluding carboxylic acids is 1. The highest BCUT2D eigenvalue weighted by atomic mass is 16.5. The monoisotopic (exact) mass is 208 g/mol. The Morgan fingerprint density at radius 2 is 2.27 bits per heavy atom. The van der Waals surface area contributed by atoms with Gasteiger partial charge in [-0.3, -0.25) is 4.79 Å². The zero-order valence-corrected chi connectivity index (χ0v) is 9.36. The van der Waals surface area contributed by atoms with Crippen LogP contribution in [-0.2, 0) is 0 Å². The van der Waals surface area contributed by atoms with Crippen molar-refractivity contribution >= 4 is 5.78 Å². The first-order chi connectivity index (χ1) is 7.17. The zero-order chi connectivity index (χ0) is 11.3. The molecule has 1 aromatic rings. The van der Waals surface area contributed by atoms with Crippen molar-refractivity contribution in [1.29, 1.82) is 0 Å². The van der Waals surface area contributed by atoms with Crippen LogP contribution < -0.4 is 4.74 Å². The molecule has 0 bridgehead atoms. The zero-order valence-electron chi connectivity index (χ0n) is 9.36. The van der Waals surface area contributed by atoms with E-state index < -0.39 is 0 Å². The maximum atomic E-state index is 11.7. The van der Waals surface area contributed by atoms with E-state index in [0.717, 1.165) is 6.42 Å². The fourth-order valence-electron chi connectivity index (χ4n) is 1.17. The standard InChI is InChI=1S/C11H16N2O2/c1-4-8(2)5-10(14)9-6-11(15-3)13-7-12-9/h6-8H,4-5H2,1-3H3. The van der Waals surface area contributed by atoms with Crippen LogP contribution in [0, 0.1) is 5.92 Å². The third-order valence-corrected chi connectivity index (χ3v) is 2.37. The van der Waals surface area contributed by atoms with Crippen LogP contribution in [-0.4, -0.2) is 22.9 Å². The quantitative estimate of drug-likeness (QED) is 0.695. The molecule has 4 nitrogen and oxygen atoms in total. The lowest BCUT2D eigenvalue weighted by Crippen LogP contribution is -2.08. The van der Waals surface area contributed by atoms with Gasteiger partial charge in [0.1, 0.15) is 12.0 Å². The first-order valence-electron chi connectivity index (χ1n) is 5.06. The predicted molar refractivity (Wildman–Crippen MR) is 57.0 cm³/mol. The van der Waals surface area contributed by atoms with Crippen molar-refractivity contribution in [2.45, 2.75) is 26.7 Å². The summed E-state index contributed by atoms with van der Waals surface area (Å²) in [5.41, 5.74) is 0.433. The third-order valence-electron chi connectivity index (χ3n) is 2.37. The third kappa shape index (κ3) is 3.31. The molecule has 0 saturated heterocycles. The Bertz CT molecular complexity index is 339. The topological polar surface area (TPSA) is 52.1 Å². The van der Waals surface area contributed by atoms with Gasteiger partial charge in [0.05, 0.1) is 7.11 Å². The number of aromatic nitrogens is 2.